The largest absolute Gasteiger partial charge is 0.508 e. The molecule has 2 rings (SSSR count). The minimum Gasteiger partial charge on any atom is -0.508 e. The van der Waals surface area contributed by atoms with Gasteiger partial charge in [0.05, 0.1) is 5.71 Å². The fourth-order valence-corrected chi connectivity index (χ4v) is 1.76. The van der Waals surface area contributed by atoms with Gasteiger partial charge in [0.1, 0.15) is 11.6 Å². The van der Waals surface area contributed by atoms with E-state index >= 15 is 0 Å². The van der Waals surface area contributed by atoms with Crippen molar-refractivity contribution < 1.29 is 9.50 Å². The maximum Gasteiger partial charge on any atom is 0.191 e. The monoisotopic (exact) mass is 303 g/mol. The van der Waals surface area contributed by atoms with Gasteiger partial charge in [0.25, 0.3) is 0 Å². The number of aromatic hydroxyl groups is 1. The highest BCUT2D eigenvalue weighted by Gasteiger charge is 2.00. The number of benzene rings is 2. The average molecular weight is 303 g/mol. The van der Waals surface area contributed by atoms with Crippen LogP contribution < -0.4 is 10.7 Å². The molecule has 0 aliphatic heterocycles. The summed E-state index contributed by atoms with van der Waals surface area (Å²) in [5.41, 5.74) is 4.97. The molecule has 3 N–H and O–H groups in total. The fourth-order valence-electron chi connectivity index (χ4n) is 1.59. The quantitative estimate of drug-likeness (QED) is 0.463. The summed E-state index contributed by atoms with van der Waals surface area (Å²) in [6.07, 6.45) is 0. The average Bonchev–Trinajstić information content (AvgIpc) is 2.48. The number of hydrazone groups is 1. The summed E-state index contributed by atoms with van der Waals surface area (Å²) in [5.74, 6) is -0.103. The summed E-state index contributed by atoms with van der Waals surface area (Å²) < 4.78 is 12.8. The van der Waals surface area contributed by atoms with Gasteiger partial charge in [-0.1, -0.05) is 0 Å². The van der Waals surface area contributed by atoms with Gasteiger partial charge in [0.15, 0.2) is 5.11 Å². The molecule has 0 aromatic heterocycles. The standard InChI is InChI=1S/C15H14FN3OS/c1-10(11-2-8-14(20)9-3-11)18-19-15(21)17-13-6-4-12(16)5-7-13/h2-9,20H,1H3,(H2,17,19,21)/b18-10+. The first kappa shape index (κ1) is 14.9. The Balaban J connectivity index is 1.94. The number of hydrogen-bond acceptors (Lipinski definition) is 3. The molecule has 4 nitrogen and oxygen atoms in total. The van der Waals surface area contributed by atoms with Gasteiger partial charge in [-0.3, -0.25) is 5.43 Å². The topological polar surface area (TPSA) is 56.7 Å². The van der Waals surface area contributed by atoms with Crippen LogP contribution in [0.2, 0.25) is 0 Å². The van der Waals surface area contributed by atoms with Gasteiger partial charge in [-0.15, -0.1) is 0 Å². The maximum atomic E-state index is 12.8. The molecule has 2 aromatic rings. The molecular weight excluding hydrogens is 289 g/mol. The second-order valence-corrected chi connectivity index (χ2v) is 4.73. The number of phenols is 1. The molecule has 0 saturated carbocycles. The molecule has 6 heteroatoms. The van der Waals surface area contributed by atoms with Crippen molar-refractivity contribution in [2.75, 3.05) is 5.32 Å². The van der Waals surface area contributed by atoms with E-state index in [-0.39, 0.29) is 11.6 Å². The minimum atomic E-state index is -0.305. The van der Waals surface area contributed by atoms with Gasteiger partial charge in [0.2, 0.25) is 0 Å². The van der Waals surface area contributed by atoms with Crippen LogP contribution in [-0.2, 0) is 0 Å². The molecule has 2 aromatic carbocycles. The third-order valence-corrected chi connectivity index (χ3v) is 2.91. The number of nitrogens with one attached hydrogen (secondary N) is 2. The van der Waals surface area contributed by atoms with Crippen molar-refractivity contribution in [3.8, 4) is 5.75 Å². The summed E-state index contributed by atoms with van der Waals surface area (Å²) in [6, 6.07) is 12.5. The smallest absolute Gasteiger partial charge is 0.191 e. The molecule has 0 atom stereocenters. The highest BCUT2D eigenvalue weighted by molar-refractivity contribution is 7.80. The molecular formula is C15H14FN3OS. The Morgan fingerprint density at radius 1 is 1.10 bits per heavy atom. The second kappa shape index (κ2) is 6.81. The van der Waals surface area contributed by atoms with Crippen LogP contribution >= 0.6 is 12.2 Å². The predicted octanol–water partition coefficient (Wildman–Crippen LogP) is 3.24. The lowest BCUT2D eigenvalue weighted by atomic mass is 10.1. The second-order valence-electron chi connectivity index (χ2n) is 4.32. The van der Waals surface area contributed by atoms with E-state index in [9.17, 15) is 9.50 Å². The van der Waals surface area contributed by atoms with Gasteiger partial charge in [-0.25, -0.2) is 4.39 Å². The van der Waals surface area contributed by atoms with Crippen LogP contribution in [0.5, 0.6) is 5.75 Å². The van der Waals surface area contributed by atoms with Crippen LogP contribution in [0.25, 0.3) is 0 Å². The Kier molecular flexibility index (Phi) is 4.84. The van der Waals surface area contributed by atoms with Crippen molar-refractivity contribution >= 4 is 28.7 Å². The lowest BCUT2D eigenvalue weighted by Crippen LogP contribution is -2.24. The van der Waals surface area contributed by atoms with Crippen molar-refractivity contribution in [3.05, 3.63) is 59.9 Å². The summed E-state index contributed by atoms with van der Waals surface area (Å²) in [7, 11) is 0. The van der Waals surface area contributed by atoms with E-state index in [1.54, 1.807) is 36.4 Å². The van der Waals surface area contributed by atoms with E-state index in [2.05, 4.69) is 15.8 Å². The molecule has 0 heterocycles. The lowest BCUT2D eigenvalue weighted by Gasteiger charge is -2.08. The van der Waals surface area contributed by atoms with Gasteiger partial charge in [0, 0.05) is 5.69 Å². The van der Waals surface area contributed by atoms with E-state index in [1.165, 1.54) is 12.1 Å². The lowest BCUT2D eigenvalue weighted by molar-refractivity contribution is 0.475. The van der Waals surface area contributed by atoms with Crippen LogP contribution in [0.1, 0.15) is 12.5 Å². The summed E-state index contributed by atoms with van der Waals surface area (Å²) >= 11 is 5.09. The van der Waals surface area contributed by atoms with E-state index < -0.39 is 0 Å². The van der Waals surface area contributed by atoms with Crippen LogP contribution in [0.3, 0.4) is 0 Å². The van der Waals surface area contributed by atoms with Crippen molar-refractivity contribution in [3.63, 3.8) is 0 Å². The van der Waals surface area contributed by atoms with Crippen LogP contribution in [-0.4, -0.2) is 15.9 Å². The van der Waals surface area contributed by atoms with Crippen molar-refractivity contribution in [1.82, 2.24) is 5.43 Å². The number of nitrogens with zero attached hydrogens (tertiary/aromatic N) is 1. The number of halogens is 1. The van der Waals surface area contributed by atoms with Gasteiger partial charge in [-0.2, -0.15) is 5.10 Å². The first-order valence-corrected chi connectivity index (χ1v) is 6.61. The Morgan fingerprint density at radius 3 is 2.33 bits per heavy atom. The molecule has 0 aliphatic rings. The van der Waals surface area contributed by atoms with Crippen molar-refractivity contribution in [2.45, 2.75) is 6.92 Å². The highest BCUT2D eigenvalue weighted by Crippen LogP contribution is 2.10. The molecule has 21 heavy (non-hydrogen) atoms. The minimum absolute atomic E-state index is 0.202. The first-order valence-electron chi connectivity index (χ1n) is 6.21. The number of thiocarbonyl (C=S) groups is 1. The molecule has 0 bridgehead atoms. The predicted molar refractivity (Wildman–Crippen MR) is 86.1 cm³/mol. The van der Waals surface area contributed by atoms with E-state index in [0.717, 1.165) is 11.3 Å². The van der Waals surface area contributed by atoms with E-state index in [4.69, 9.17) is 12.2 Å². The van der Waals surface area contributed by atoms with E-state index in [1.807, 2.05) is 6.92 Å². The van der Waals surface area contributed by atoms with Crippen LogP contribution in [0, 0.1) is 5.82 Å². The molecule has 0 saturated heterocycles. The zero-order chi connectivity index (χ0) is 15.2. The van der Waals surface area contributed by atoms with Gasteiger partial charge >= 0.3 is 0 Å². The molecule has 0 spiro atoms. The number of phenolic OH excluding ortho intramolecular Hbond substituents is 1. The molecule has 0 radical (unpaired) electrons. The third-order valence-electron chi connectivity index (χ3n) is 2.71. The zero-order valence-electron chi connectivity index (χ0n) is 11.3. The van der Waals surface area contributed by atoms with E-state index in [0.29, 0.717) is 10.8 Å². The highest BCUT2D eigenvalue weighted by atomic mass is 32.1. The summed E-state index contributed by atoms with van der Waals surface area (Å²) in [5, 5.41) is 16.6. The molecule has 0 unspecified atom stereocenters. The molecule has 0 aliphatic carbocycles. The van der Waals surface area contributed by atoms with Gasteiger partial charge < -0.3 is 10.4 Å². The Morgan fingerprint density at radius 2 is 1.71 bits per heavy atom. The number of anilines is 1. The molecule has 108 valence electrons. The van der Waals surface area contributed by atoms with Crippen LogP contribution in [0.15, 0.2) is 53.6 Å². The first-order chi connectivity index (χ1) is 10.0. The normalized spacial score (nSPS) is 11.0. The zero-order valence-corrected chi connectivity index (χ0v) is 12.1. The summed E-state index contributed by atoms with van der Waals surface area (Å²) in [4.78, 5) is 0. The Labute approximate surface area is 127 Å². The summed E-state index contributed by atoms with van der Waals surface area (Å²) in [6.45, 7) is 1.82. The van der Waals surface area contributed by atoms with Crippen molar-refractivity contribution in [1.29, 1.82) is 0 Å². The molecule has 0 amide bonds. The fraction of sp³-hybridized carbons (Fsp3) is 0.0667. The Hall–Kier alpha value is -2.47. The van der Waals surface area contributed by atoms with Crippen LogP contribution in [0.4, 0.5) is 10.1 Å². The number of hydrogen-bond donors (Lipinski definition) is 3. The molecule has 0 fully saturated rings. The maximum absolute atomic E-state index is 12.8. The van der Waals surface area contributed by atoms with Crippen molar-refractivity contribution in [2.24, 2.45) is 5.10 Å². The third kappa shape index (κ3) is 4.54. The number of rotatable bonds is 3. The Bertz CT molecular complexity index is 654. The SMILES string of the molecule is C/C(=N\NC(=S)Nc1ccc(F)cc1)c1ccc(O)cc1. The van der Waals surface area contributed by atoms with Gasteiger partial charge in [-0.05, 0) is 73.2 Å².